The Morgan fingerprint density at radius 3 is 2.20 bits per heavy atom. The van der Waals surface area contributed by atoms with Crippen molar-refractivity contribution in [1.82, 2.24) is 5.32 Å². The van der Waals surface area contributed by atoms with E-state index < -0.39 is 0 Å². The molecule has 0 saturated heterocycles. The number of rotatable bonds is 4. The fourth-order valence-electron chi connectivity index (χ4n) is 2.49. The number of carbonyl (C=O) groups excluding carboxylic acids is 1. The third kappa shape index (κ3) is 4.67. The first-order valence-electron chi connectivity index (χ1n) is 6.41. The first kappa shape index (κ1) is 12.5. The fraction of sp³-hybridized carbons (Fsp3) is 0.923. The molecule has 0 aromatic rings. The summed E-state index contributed by atoms with van der Waals surface area (Å²) in [5.74, 6) is 1.81. The van der Waals surface area contributed by atoms with E-state index in [9.17, 15) is 4.79 Å². The van der Waals surface area contributed by atoms with Crippen LogP contribution in [0.3, 0.4) is 0 Å². The number of hydrogen-bond acceptors (Lipinski definition) is 1. The summed E-state index contributed by atoms with van der Waals surface area (Å²) in [6.07, 6.45) is 7.22. The molecule has 2 heteroatoms. The van der Waals surface area contributed by atoms with Crippen LogP contribution in [-0.2, 0) is 4.79 Å². The van der Waals surface area contributed by atoms with Crippen LogP contribution in [0.4, 0.5) is 0 Å². The first-order valence-corrected chi connectivity index (χ1v) is 6.41. The Morgan fingerprint density at radius 1 is 1.20 bits per heavy atom. The average molecular weight is 211 g/mol. The molecular weight excluding hydrogens is 186 g/mol. The van der Waals surface area contributed by atoms with E-state index in [4.69, 9.17) is 0 Å². The van der Waals surface area contributed by atoms with E-state index in [-0.39, 0.29) is 11.9 Å². The topological polar surface area (TPSA) is 29.1 Å². The SMILES string of the molecule is CCC1CCC(CC(=O)NC(C)C)CC1. The van der Waals surface area contributed by atoms with Crippen LogP contribution in [0.15, 0.2) is 0 Å². The van der Waals surface area contributed by atoms with Gasteiger partial charge >= 0.3 is 0 Å². The second-order valence-corrected chi connectivity index (χ2v) is 5.22. The normalized spacial score (nSPS) is 26.7. The van der Waals surface area contributed by atoms with Gasteiger partial charge < -0.3 is 5.32 Å². The number of amides is 1. The van der Waals surface area contributed by atoms with Crippen molar-refractivity contribution in [3.05, 3.63) is 0 Å². The lowest BCUT2D eigenvalue weighted by Gasteiger charge is -2.27. The van der Waals surface area contributed by atoms with Crippen molar-refractivity contribution >= 4 is 5.91 Å². The Morgan fingerprint density at radius 2 is 1.73 bits per heavy atom. The van der Waals surface area contributed by atoms with Crippen LogP contribution >= 0.6 is 0 Å². The molecule has 0 atom stereocenters. The molecule has 0 spiro atoms. The van der Waals surface area contributed by atoms with E-state index in [0.717, 1.165) is 12.3 Å². The highest BCUT2D eigenvalue weighted by Gasteiger charge is 2.21. The van der Waals surface area contributed by atoms with E-state index in [1.54, 1.807) is 0 Å². The van der Waals surface area contributed by atoms with Crippen molar-refractivity contribution in [1.29, 1.82) is 0 Å². The van der Waals surface area contributed by atoms with Crippen LogP contribution in [0.1, 0.15) is 59.3 Å². The molecule has 2 nitrogen and oxygen atoms in total. The molecular formula is C13H25NO. The summed E-state index contributed by atoms with van der Waals surface area (Å²) in [4.78, 5) is 11.6. The van der Waals surface area contributed by atoms with Crippen molar-refractivity contribution in [3.8, 4) is 0 Å². The van der Waals surface area contributed by atoms with Gasteiger partial charge in [0.1, 0.15) is 0 Å². The lowest BCUT2D eigenvalue weighted by atomic mass is 9.79. The van der Waals surface area contributed by atoms with Crippen molar-refractivity contribution in [2.45, 2.75) is 65.3 Å². The molecule has 1 aliphatic rings. The molecule has 0 aromatic carbocycles. The standard InChI is InChI=1S/C13H25NO/c1-4-11-5-7-12(8-6-11)9-13(15)14-10(2)3/h10-12H,4-9H2,1-3H3,(H,14,15). The van der Waals surface area contributed by atoms with Crippen LogP contribution in [-0.4, -0.2) is 11.9 Å². The summed E-state index contributed by atoms with van der Waals surface area (Å²) in [7, 11) is 0. The van der Waals surface area contributed by atoms with Crippen LogP contribution in [0, 0.1) is 11.8 Å². The van der Waals surface area contributed by atoms with Crippen molar-refractivity contribution in [2.75, 3.05) is 0 Å². The van der Waals surface area contributed by atoms with Gasteiger partial charge in [0.05, 0.1) is 0 Å². The van der Waals surface area contributed by atoms with Crippen LogP contribution in [0.2, 0.25) is 0 Å². The lowest BCUT2D eigenvalue weighted by molar-refractivity contribution is -0.122. The van der Waals surface area contributed by atoms with Gasteiger partial charge in [-0.15, -0.1) is 0 Å². The van der Waals surface area contributed by atoms with Gasteiger partial charge in [0.15, 0.2) is 0 Å². The molecule has 88 valence electrons. The quantitative estimate of drug-likeness (QED) is 0.760. The minimum Gasteiger partial charge on any atom is -0.354 e. The van der Waals surface area contributed by atoms with E-state index in [2.05, 4.69) is 12.2 Å². The van der Waals surface area contributed by atoms with Gasteiger partial charge in [-0.05, 0) is 38.5 Å². The van der Waals surface area contributed by atoms with Gasteiger partial charge in [-0.1, -0.05) is 26.2 Å². The third-order valence-electron chi connectivity index (χ3n) is 3.47. The van der Waals surface area contributed by atoms with Gasteiger partial charge in [-0.2, -0.15) is 0 Å². The molecule has 0 heterocycles. The summed E-state index contributed by atoms with van der Waals surface area (Å²) >= 11 is 0. The molecule has 0 unspecified atom stereocenters. The minimum atomic E-state index is 0.241. The zero-order chi connectivity index (χ0) is 11.3. The number of nitrogens with one attached hydrogen (secondary N) is 1. The maximum absolute atomic E-state index is 11.6. The zero-order valence-electron chi connectivity index (χ0n) is 10.4. The van der Waals surface area contributed by atoms with E-state index in [1.807, 2.05) is 13.8 Å². The van der Waals surface area contributed by atoms with Gasteiger partial charge in [0, 0.05) is 12.5 Å². The van der Waals surface area contributed by atoms with Crippen molar-refractivity contribution in [2.24, 2.45) is 11.8 Å². The van der Waals surface area contributed by atoms with Crippen molar-refractivity contribution < 1.29 is 4.79 Å². The van der Waals surface area contributed by atoms with Crippen LogP contribution in [0.25, 0.3) is 0 Å². The molecule has 1 saturated carbocycles. The predicted octanol–water partition coefficient (Wildman–Crippen LogP) is 3.12. The fourth-order valence-corrected chi connectivity index (χ4v) is 2.49. The Hall–Kier alpha value is -0.530. The first-order chi connectivity index (χ1) is 7.11. The van der Waals surface area contributed by atoms with E-state index >= 15 is 0 Å². The van der Waals surface area contributed by atoms with Crippen LogP contribution in [0.5, 0.6) is 0 Å². The monoisotopic (exact) mass is 211 g/mol. The van der Waals surface area contributed by atoms with Gasteiger partial charge in [-0.25, -0.2) is 0 Å². The van der Waals surface area contributed by atoms with E-state index in [0.29, 0.717) is 5.92 Å². The molecule has 0 bridgehead atoms. The molecule has 1 N–H and O–H groups in total. The molecule has 1 aliphatic carbocycles. The Bertz CT molecular complexity index is 193. The van der Waals surface area contributed by atoms with Gasteiger partial charge in [0.2, 0.25) is 5.91 Å². The highest BCUT2D eigenvalue weighted by molar-refractivity contribution is 5.76. The van der Waals surface area contributed by atoms with Gasteiger partial charge in [-0.3, -0.25) is 4.79 Å². The molecule has 15 heavy (non-hydrogen) atoms. The molecule has 0 aliphatic heterocycles. The maximum atomic E-state index is 11.6. The molecule has 0 radical (unpaired) electrons. The second kappa shape index (κ2) is 6.14. The number of carbonyl (C=O) groups is 1. The summed E-state index contributed by atoms with van der Waals surface area (Å²) in [6.45, 7) is 6.31. The molecule has 1 amide bonds. The molecule has 1 rings (SSSR count). The molecule has 0 aromatic heterocycles. The van der Waals surface area contributed by atoms with Crippen molar-refractivity contribution in [3.63, 3.8) is 0 Å². The van der Waals surface area contributed by atoms with Gasteiger partial charge in [0.25, 0.3) is 0 Å². The second-order valence-electron chi connectivity index (χ2n) is 5.22. The Balaban J connectivity index is 2.20. The largest absolute Gasteiger partial charge is 0.354 e. The average Bonchev–Trinajstić information content (AvgIpc) is 2.17. The smallest absolute Gasteiger partial charge is 0.220 e. The summed E-state index contributed by atoms with van der Waals surface area (Å²) in [5, 5.41) is 2.98. The third-order valence-corrected chi connectivity index (χ3v) is 3.47. The van der Waals surface area contributed by atoms with E-state index in [1.165, 1.54) is 32.1 Å². The maximum Gasteiger partial charge on any atom is 0.220 e. The summed E-state index contributed by atoms with van der Waals surface area (Å²) in [5.41, 5.74) is 0. The summed E-state index contributed by atoms with van der Waals surface area (Å²) < 4.78 is 0. The van der Waals surface area contributed by atoms with Crippen LogP contribution < -0.4 is 5.32 Å². The zero-order valence-corrected chi connectivity index (χ0v) is 10.4. The molecule has 1 fully saturated rings. The summed E-state index contributed by atoms with van der Waals surface area (Å²) in [6, 6.07) is 0.282. The highest BCUT2D eigenvalue weighted by Crippen LogP contribution is 2.32. The highest BCUT2D eigenvalue weighted by atomic mass is 16.1. The predicted molar refractivity (Wildman–Crippen MR) is 63.6 cm³/mol. The Labute approximate surface area is 93.8 Å². The lowest BCUT2D eigenvalue weighted by Crippen LogP contribution is -2.32. The Kier molecular flexibility index (Phi) is 5.13. The minimum absolute atomic E-state index is 0.241. The number of hydrogen-bond donors (Lipinski definition) is 1.